The number of carbonyl (C=O) groups excluding carboxylic acids is 1. The molecule has 0 saturated carbocycles. The van der Waals surface area contributed by atoms with Crippen molar-refractivity contribution in [3.63, 3.8) is 0 Å². The lowest BCUT2D eigenvalue weighted by molar-refractivity contribution is -0.131. The van der Waals surface area contributed by atoms with Gasteiger partial charge in [0.05, 0.1) is 12.6 Å². The highest BCUT2D eigenvalue weighted by Crippen LogP contribution is 2.29. The quantitative estimate of drug-likeness (QED) is 0.342. The van der Waals surface area contributed by atoms with Crippen LogP contribution in [0.1, 0.15) is 28.6 Å². The third-order valence-corrected chi connectivity index (χ3v) is 7.56. The van der Waals surface area contributed by atoms with Crippen molar-refractivity contribution in [3.05, 3.63) is 113 Å². The first-order chi connectivity index (χ1) is 18.1. The summed E-state index contributed by atoms with van der Waals surface area (Å²) in [4.78, 5) is 24.0. The average molecular weight is 516 g/mol. The van der Waals surface area contributed by atoms with E-state index in [1.165, 1.54) is 34.8 Å². The molecule has 3 aromatic carbocycles. The molecule has 4 aromatic rings. The van der Waals surface area contributed by atoms with Crippen LogP contribution in [0, 0.1) is 5.82 Å². The van der Waals surface area contributed by atoms with Gasteiger partial charge in [0.15, 0.2) is 0 Å². The van der Waals surface area contributed by atoms with Crippen molar-refractivity contribution in [2.24, 2.45) is 0 Å². The third-order valence-electron chi connectivity index (χ3n) is 6.69. The van der Waals surface area contributed by atoms with E-state index in [4.69, 9.17) is 0 Å². The van der Waals surface area contributed by atoms with Crippen LogP contribution in [0.4, 0.5) is 9.52 Å². The van der Waals surface area contributed by atoms with Gasteiger partial charge in [0.2, 0.25) is 11.0 Å². The van der Waals surface area contributed by atoms with Crippen molar-refractivity contribution in [1.82, 2.24) is 19.2 Å². The number of halogens is 1. The first-order valence-electron chi connectivity index (χ1n) is 12.5. The molecule has 190 valence electrons. The molecule has 0 spiro atoms. The molecule has 37 heavy (non-hydrogen) atoms. The lowest BCUT2D eigenvalue weighted by Crippen LogP contribution is -2.51. The van der Waals surface area contributed by atoms with E-state index < -0.39 is 0 Å². The number of amides is 1. The molecule has 8 heteroatoms. The van der Waals surface area contributed by atoms with Crippen molar-refractivity contribution < 1.29 is 9.18 Å². The van der Waals surface area contributed by atoms with E-state index >= 15 is 0 Å². The number of piperazine rings is 1. The molecule has 6 nitrogen and oxygen atoms in total. The number of likely N-dealkylation sites (N-methyl/N-ethyl adjacent to an activating group) is 1. The Balaban J connectivity index is 1.18. The van der Waals surface area contributed by atoms with Gasteiger partial charge >= 0.3 is 0 Å². The van der Waals surface area contributed by atoms with Crippen LogP contribution >= 0.6 is 11.5 Å². The maximum Gasteiger partial charge on any atom is 0.242 e. The van der Waals surface area contributed by atoms with Crippen LogP contribution in [0.25, 0.3) is 0 Å². The Morgan fingerprint density at radius 1 is 0.919 bits per heavy atom. The van der Waals surface area contributed by atoms with Crippen molar-refractivity contribution in [1.29, 1.82) is 0 Å². The number of benzene rings is 3. The Kier molecular flexibility index (Phi) is 7.87. The van der Waals surface area contributed by atoms with Crippen LogP contribution in [-0.2, 0) is 11.2 Å². The number of aromatic nitrogens is 2. The zero-order chi connectivity index (χ0) is 25.6. The Morgan fingerprint density at radius 3 is 2.11 bits per heavy atom. The van der Waals surface area contributed by atoms with Gasteiger partial charge < -0.3 is 9.80 Å². The maximum absolute atomic E-state index is 13.2. The zero-order valence-corrected chi connectivity index (χ0v) is 21.6. The minimum Gasteiger partial charge on any atom is -0.341 e. The standard InChI is InChI=1S/C29H30FN5OS/c1-33(29-31-26(32-37-29)20-22-12-14-25(30)15-13-22)21-27(36)34-16-18-35(19-17-34)28(23-8-4-2-5-9-23)24-10-6-3-7-11-24/h2-15,28H,16-21H2,1H3. The molecule has 1 saturated heterocycles. The van der Waals surface area contributed by atoms with Gasteiger partial charge in [0, 0.05) is 51.2 Å². The molecule has 1 aromatic heterocycles. The molecule has 0 atom stereocenters. The molecule has 0 aliphatic carbocycles. The predicted octanol–water partition coefficient (Wildman–Crippen LogP) is 4.64. The second-order valence-corrected chi connectivity index (χ2v) is 10.0. The first-order valence-corrected chi connectivity index (χ1v) is 13.2. The van der Waals surface area contributed by atoms with Gasteiger partial charge in [-0.25, -0.2) is 9.37 Å². The smallest absolute Gasteiger partial charge is 0.242 e. The van der Waals surface area contributed by atoms with Gasteiger partial charge in [-0.3, -0.25) is 9.69 Å². The summed E-state index contributed by atoms with van der Waals surface area (Å²) in [6.07, 6.45) is 0.532. The highest BCUT2D eigenvalue weighted by molar-refractivity contribution is 7.09. The lowest BCUT2D eigenvalue weighted by atomic mass is 9.96. The fraction of sp³-hybridized carbons (Fsp3) is 0.276. The molecular weight excluding hydrogens is 485 g/mol. The van der Waals surface area contributed by atoms with E-state index in [-0.39, 0.29) is 24.3 Å². The summed E-state index contributed by atoms with van der Waals surface area (Å²) in [5.41, 5.74) is 3.48. The summed E-state index contributed by atoms with van der Waals surface area (Å²) in [5.74, 6) is 0.506. The number of rotatable bonds is 8. The van der Waals surface area contributed by atoms with Crippen LogP contribution in [0.15, 0.2) is 84.9 Å². The van der Waals surface area contributed by atoms with Crippen molar-refractivity contribution in [3.8, 4) is 0 Å². The van der Waals surface area contributed by atoms with Gasteiger partial charge in [-0.15, -0.1) is 0 Å². The predicted molar refractivity (Wildman–Crippen MR) is 145 cm³/mol. The molecular formula is C29H30FN5OS. The van der Waals surface area contributed by atoms with E-state index in [0.29, 0.717) is 30.5 Å². The molecule has 5 rings (SSSR count). The third kappa shape index (κ3) is 6.21. The molecule has 1 aliphatic heterocycles. The van der Waals surface area contributed by atoms with Crippen LogP contribution < -0.4 is 4.90 Å². The van der Waals surface area contributed by atoms with E-state index in [1.807, 2.05) is 29.0 Å². The van der Waals surface area contributed by atoms with Crippen LogP contribution in [-0.4, -0.2) is 64.8 Å². The van der Waals surface area contributed by atoms with Gasteiger partial charge in [-0.2, -0.15) is 4.37 Å². The average Bonchev–Trinajstić information content (AvgIpc) is 3.40. The van der Waals surface area contributed by atoms with E-state index in [9.17, 15) is 9.18 Å². The fourth-order valence-corrected chi connectivity index (χ4v) is 5.38. The summed E-state index contributed by atoms with van der Waals surface area (Å²) in [6, 6.07) is 27.7. The van der Waals surface area contributed by atoms with Crippen molar-refractivity contribution >= 4 is 22.6 Å². The summed E-state index contributed by atoms with van der Waals surface area (Å²) in [5, 5.41) is 0.706. The van der Waals surface area contributed by atoms with Crippen molar-refractivity contribution in [2.45, 2.75) is 12.5 Å². The highest BCUT2D eigenvalue weighted by Gasteiger charge is 2.28. The van der Waals surface area contributed by atoms with Crippen molar-refractivity contribution in [2.75, 3.05) is 44.7 Å². The molecule has 0 unspecified atom stereocenters. The number of hydrogen-bond acceptors (Lipinski definition) is 6. The van der Waals surface area contributed by atoms with Gasteiger partial charge in [0.25, 0.3) is 0 Å². The van der Waals surface area contributed by atoms with E-state index in [0.717, 1.165) is 18.7 Å². The number of carbonyl (C=O) groups is 1. The van der Waals surface area contributed by atoms with Gasteiger partial charge in [-0.1, -0.05) is 72.8 Å². The highest BCUT2D eigenvalue weighted by atomic mass is 32.1. The molecule has 1 amide bonds. The second kappa shape index (κ2) is 11.6. The topological polar surface area (TPSA) is 52.6 Å². The Hall–Kier alpha value is -3.62. The summed E-state index contributed by atoms with van der Waals surface area (Å²) >= 11 is 1.28. The summed E-state index contributed by atoms with van der Waals surface area (Å²) in [6.45, 7) is 3.25. The van der Waals surface area contributed by atoms with Crippen LogP contribution in [0.5, 0.6) is 0 Å². The molecule has 2 heterocycles. The molecule has 1 fully saturated rings. The monoisotopic (exact) mass is 515 g/mol. The molecule has 0 radical (unpaired) electrons. The number of anilines is 1. The summed E-state index contributed by atoms with van der Waals surface area (Å²) < 4.78 is 17.6. The summed E-state index contributed by atoms with van der Waals surface area (Å²) in [7, 11) is 1.87. The van der Waals surface area contributed by atoms with Gasteiger partial charge in [0.1, 0.15) is 11.6 Å². The van der Waals surface area contributed by atoms with Crippen LogP contribution in [0.3, 0.4) is 0 Å². The fourth-order valence-electron chi connectivity index (χ4n) is 4.74. The Morgan fingerprint density at radius 2 is 1.51 bits per heavy atom. The van der Waals surface area contributed by atoms with E-state index in [1.54, 1.807) is 12.1 Å². The minimum absolute atomic E-state index is 0.0911. The Bertz CT molecular complexity index is 1250. The SMILES string of the molecule is CN(CC(=O)N1CCN(C(c2ccccc2)c2ccccc2)CC1)c1nc(Cc2ccc(F)cc2)ns1. The molecule has 0 N–H and O–H groups in total. The normalized spacial score (nSPS) is 14.2. The number of hydrogen-bond donors (Lipinski definition) is 0. The second-order valence-electron chi connectivity index (χ2n) is 9.29. The van der Waals surface area contributed by atoms with Crippen LogP contribution in [0.2, 0.25) is 0 Å². The zero-order valence-electron chi connectivity index (χ0n) is 20.8. The minimum atomic E-state index is -0.259. The lowest BCUT2D eigenvalue weighted by Gasteiger charge is -2.40. The maximum atomic E-state index is 13.2. The number of nitrogens with zero attached hydrogens (tertiary/aromatic N) is 5. The molecule has 0 bridgehead atoms. The first kappa shape index (κ1) is 25.0. The molecule has 1 aliphatic rings. The Labute approximate surface area is 221 Å². The largest absolute Gasteiger partial charge is 0.341 e. The van der Waals surface area contributed by atoms with Gasteiger partial charge in [-0.05, 0) is 28.8 Å². The van der Waals surface area contributed by atoms with E-state index in [2.05, 4.69) is 62.8 Å².